The summed E-state index contributed by atoms with van der Waals surface area (Å²) in [7, 11) is 0. The van der Waals surface area contributed by atoms with Crippen LogP contribution in [0.25, 0.3) is 0 Å². The summed E-state index contributed by atoms with van der Waals surface area (Å²) >= 11 is 1.89. The first kappa shape index (κ1) is 14.8. The highest BCUT2D eigenvalue weighted by atomic mass is 32.2. The van der Waals surface area contributed by atoms with Gasteiger partial charge in [-0.1, -0.05) is 54.6 Å². The molecule has 4 heteroatoms. The monoisotopic (exact) mass is 323 g/mol. The molecule has 0 aliphatic carbocycles. The third kappa shape index (κ3) is 2.55. The number of hydrogen-bond acceptors (Lipinski definition) is 4. The first-order valence-corrected chi connectivity index (χ1v) is 9.23. The lowest BCUT2D eigenvalue weighted by molar-refractivity contribution is 0.255. The van der Waals surface area contributed by atoms with Crippen LogP contribution in [0.15, 0.2) is 53.7 Å². The van der Waals surface area contributed by atoms with Gasteiger partial charge in [-0.2, -0.15) is 0 Å². The highest BCUT2D eigenvalue weighted by molar-refractivity contribution is 8.14. The van der Waals surface area contributed by atoms with Crippen LogP contribution >= 0.6 is 11.8 Å². The van der Waals surface area contributed by atoms with Crippen molar-refractivity contribution in [3.05, 3.63) is 65.5 Å². The Hall–Kier alpha value is -1.81. The zero-order valence-electron chi connectivity index (χ0n) is 13.5. The van der Waals surface area contributed by atoms with Gasteiger partial charge in [0.2, 0.25) is 0 Å². The fourth-order valence-electron chi connectivity index (χ4n) is 3.56. The highest BCUT2D eigenvalue weighted by Gasteiger charge is 2.45. The van der Waals surface area contributed by atoms with Gasteiger partial charge in [-0.05, 0) is 31.0 Å². The molecule has 0 saturated carbocycles. The minimum absolute atomic E-state index is 0.0925. The van der Waals surface area contributed by atoms with E-state index in [-0.39, 0.29) is 12.1 Å². The second-order valence-corrected chi connectivity index (χ2v) is 7.24. The van der Waals surface area contributed by atoms with Crippen LogP contribution in [0.4, 0.5) is 0 Å². The van der Waals surface area contributed by atoms with Crippen molar-refractivity contribution in [2.45, 2.75) is 38.4 Å². The van der Waals surface area contributed by atoms with Crippen molar-refractivity contribution in [3.8, 4) is 0 Å². The highest BCUT2D eigenvalue weighted by Crippen LogP contribution is 2.48. The van der Waals surface area contributed by atoms with Crippen molar-refractivity contribution in [3.63, 3.8) is 0 Å². The summed E-state index contributed by atoms with van der Waals surface area (Å²) in [6.45, 7) is 4.43. The molecule has 4 rings (SSSR count). The number of thioether (sulfide) groups is 1. The summed E-state index contributed by atoms with van der Waals surface area (Å²) in [5.74, 6) is 1.15. The summed E-state index contributed by atoms with van der Waals surface area (Å²) < 4.78 is 0. The predicted molar refractivity (Wildman–Crippen MR) is 96.7 cm³/mol. The quantitative estimate of drug-likeness (QED) is 0.840. The Kier molecular flexibility index (Phi) is 3.85. The lowest BCUT2D eigenvalue weighted by Gasteiger charge is -2.32. The van der Waals surface area contributed by atoms with Crippen LogP contribution in [0.3, 0.4) is 0 Å². The molecule has 3 nitrogen and oxygen atoms in total. The van der Waals surface area contributed by atoms with E-state index in [0.717, 1.165) is 17.9 Å². The smallest absolute Gasteiger partial charge is 0.160 e. The van der Waals surface area contributed by atoms with Crippen molar-refractivity contribution < 1.29 is 0 Å². The minimum atomic E-state index is 0.0925. The van der Waals surface area contributed by atoms with E-state index >= 15 is 0 Å². The van der Waals surface area contributed by atoms with Crippen LogP contribution in [0.2, 0.25) is 0 Å². The number of aliphatic imine (C=N–C) groups is 1. The van der Waals surface area contributed by atoms with E-state index in [0.29, 0.717) is 6.04 Å². The summed E-state index contributed by atoms with van der Waals surface area (Å²) in [4.78, 5) is 12.2. The summed E-state index contributed by atoms with van der Waals surface area (Å²) in [6.07, 6.45) is 3.03. The van der Waals surface area contributed by atoms with Gasteiger partial charge in [0, 0.05) is 18.0 Å². The Balaban J connectivity index is 1.80. The largest absolute Gasteiger partial charge is 0.338 e. The Bertz CT molecular complexity index is 728. The standard InChI is InChI=1S/C19H21N3S/c1-3-15-12-23-19-21-17(16-9-4-5-10-20-16)18(22(15)19)14-8-6-7-13(2)11-14/h4-11,15,17-18H,3,12H2,1-2H3/t15-,17-,18-/m1/s1. The van der Waals surface area contributed by atoms with E-state index in [2.05, 4.69) is 60.1 Å². The molecule has 0 spiro atoms. The molecule has 0 amide bonds. The van der Waals surface area contributed by atoms with Gasteiger partial charge in [0.05, 0.1) is 11.7 Å². The number of aromatic nitrogens is 1. The number of hydrogen-bond donors (Lipinski definition) is 0. The molecule has 118 valence electrons. The van der Waals surface area contributed by atoms with E-state index in [9.17, 15) is 0 Å². The van der Waals surface area contributed by atoms with Crippen molar-refractivity contribution >= 4 is 16.9 Å². The van der Waals surface area contributed by atoms with Crippen molar-refractivity contribution in [2.24, 2.45) is 4.99 Å². The van der Waals surface area contributed by atoms with Gasteiger partial charge in [-0.3, -0.25) is 9.98 Å². The van der Waals surface area contributed by atoms with Crippen molar-refractivity contribution in [1.82, 2.24) is 9.88 Å². The second kappa shape index (κ2) is 6.00. The average Bonchev–Trinajstić information content (AvgIpc) is 3.14. The van der Waals surface area contributed by atoms with Crippen LogP contribution in [0, 0.1) is 6.92 Å². The number of nitrogens with zero attached hydrogens (tertiary/aromatic N) is 3. The van der Waals surface area contributed by atoms with Crippen LogP contribution in [-0.2, 0) is 0 Å². The van der Waals surface area contributed by atoms with Gasteiger partial charge in [0.25, 0.3) is 0 Å². The van der Waals surface area contributed by atoms with E-state index < -0.39 is 0 Å². The van der Waals surface area contributed by atoms with Crippen molar-refractivity contribution in [1.29, 1.82) is 0 Å². The fraction of sp³-hybridized carbons (Fsp3) is 0.368. The molecule has 3 atom stereocenters. The molecule has 0 unspecified atom stereocenters. The minimum Gasteiger partial charge on any atom is -0.338 e. The Labute approximate surface area is 141 Å². The number of amidine groups is 1. The first-order valence-electron chi connectivity index (χ1n) is 8.24. The van der Waals surface area contributed by atoms with Crippen LogP contribution < -0.4 is 0 Å². The van der Waals surface area contributed by atoms with Crippen LogP contribution in [-0.4, -0.2) is 26.8 Å². The molecule has 23 heavy (non-hydrogen) atoms. The molecule has 1 aromatic heterocycles. The molecule has 1 saturated heterocycles. The van der Waals surface area contributed by atoms with Gasteiger partial charge in [0.15, 0.2) is 5.17 Å². The molecular formula is C19H21N3S. The SMILES string of the molecule is CC[C@@H]1CSC2=N[C@H](c3ccccn3)[C@@H](c3cccc(C)c3)N21. The average molecular weight is 323 g/mol. The topological polar surface area (TPSA) is 28.5 Å². The van der Waals surface area contributed by atoms with E-state index in [1.165, 1.54) is 16.3 Å². The molecule has 0 N–H and O–H groups in total. The molecule has 0 bridgehead atoms. The van der Waals surface area contributed by atoms with Gasteiger partial charge in [-0.15, -0.1) is 0 Å². The fourth-order valence-corrected chi connectivity index (χ4v) is 4.90. The summed E-state index contributed by atoms with van der Waals surface area (Å²) in [5.41, 5.74) is 3.72. The second-order valence-electron chi connectivity index (χ2n) is 6.25. The third-order valence-corrected chi connectivity index (χ3v) is 5.84. The molecule has 3 heterocycles. The van der Waals surface area contributed by atoms with Gasteiger partial charge >= 0.3 is 0 Å². The van der Waals surface area contributed by atoms with E-state index in [1.54, 1.807) is 0 Å². The lowest BCUT2D eigenvalue weighted by atomic mass is 9.94. The van der Waals surface area contributed by atoms with Gasteiger partial charge in [-0.25, -0.2) is 0 Å². The summed E-state index contributed by atoms with van der Waals surface area (Å²) in [5, 5.41) is 1.19. The van der Waals surface area contributed by atoms with Crippen LogP contribution in [0.1, 0.15) is 42.2 Å². The Morgan fingerprint density at radius 1 is 1.22 bits per heavy atom. The molecular weight excluding hydrogens is 302 g/mol. The summed E-state index contributed by atoms with van der Waals surface area (Å²) in [6, 6.07) is 15.9. The molecule has 2 aliphatic rings. The van der Waals surface area contributed by atoms with Crippen molar-refractivity contribution in [2.75, 3.05) is 5.75 Å². The number of pyridine rings is 1. The maximum absolute atomic E-state index is 5.05. The maximum Gasteiger partial charge on any atom is 0.160 e. The predicted octanol–water partition coefficient (Wildman–Crippen LogP) is 4.37. The molecule has 1 aromatic carbocycles. The molecule has 1 fully saturated rings. The third-order valence-electron chi connectivity index (χ3n) is 4.71. The zero-order chi connectivity index (χ0) is 15.8. The van der Waals surface area contributed by atoms with Gasteiger partial charge < -0.3 is 4.90 Å². The number of rotatable bonds is 3. The van der Waals surface area contributed by atoms with Gasteiger partial charge in [0.1, 0.15) is 6.04 Å². The number of fused-ring (bicyclic) bond motifs is 1. The first-order chi connectivity index (χ1) is 11.3. The zero-order valence-corrected chi connectivity index (χ0v) is 14.3. The molecule has 0 radical (unpaired) electrons. The molecule has 2 aliphatic heterocycles. The lowest BCUT2D eigenvalue weighted by Crippen LogP contribution is -2.35. The number of aryl methyl sites for hydroxylation is 1. The normalized spacial score (nSPS) is 26.3. The molecule has 2 aromatic rings. The number of benzene rings is 1. The van der Waals surface area contributed by atoms with Crippen LogP contribution in [0.5, 0.6) is 0 Å². The Morgan fingerprint density at radius 2 is 2.13 bits per heavy atom. The van der Waals surface area contributed by atoms with E-state index in [1.807, 2.05) is 24.0 Å². The maximum atomic E-state index is 5.05. The van der Waals surface area contributed by atoms with E-state index in [4.69, 9.17) is 4.99 Å². The Morgan fingerprint density at radius 3 is 2.87 bits per heavy atom.